The molecule has 2 aromatic carbocycles. The molecule has 0 bridgehead atoms. The predicted octanol–water partition coefficient (Wildman–Crippen LogP) is 4.82. The van der Waals surface area contributed by atoms with E-state index in [0.717, 1.165) is 42.7 Å². The Labute approximate surface area is 209 Å². The summed E-state index contributed by atoms with van der Waals surface area (Å²) in [4.78, 5) is 11.2. The van der Waals surface area contributed by atoms with Gasteiger partial charge < -0.3 is 14.2 Å². The maximum atomic E-state index is 12.3. The van der Waals surface area contributed by atoms with E-state index in [1.807, 2.05) is 19.1 Å². The van der Waals surface area contributed by atoms with Gasteiger partial charge in [-0.15, -0.1) is 0 Å². The van der Waals surface area contributed by atoms with Crippen molar-refractivity contribution in [1.29, 1.82) is 5.26 Å². The molecular weight excluding hydrogens is 461 g/mol. The van der Waals surface area contributed by atoms with Crippen molar-refractivity contribution in [2.45, 2.75) is 32.9 Å². The molecule has 1 fully saturated rings. The Morgan fingerprint density at radius 1 is 1.28 bits per heavy atom. The molecule has 186 valence electrons. The number of halogens is 1. The number of hydrogen-bond donors (Lipinski definition) is 0. The first-order valence-electron chi connectivity index (χ1n) is 11.7. The van der Waals surface area contributed by atoms with E-state index >= 15 is 0 Å². The van der Waals surface area contributed by atoms with Crippen molar-refractivity contribution in [3.63, 3.8) is 0 Å². The highest BCUT2D eigenvalue weighted by atomic mass is 19.1. The number of anilines is 1. The fourth-order valence-corrected chi connectivity index (χ4v) is 4.02. The minimum Gasteiger partial charge on any atom is -0.463 e. The van der Waals surface area contributed by atoms with E-state index in [0.29, 0.717) is 29.8 Å². The number of aliphatic imine (C=N–C) groups is 1. The van der Waals surface area contributed by atoms with E-state index in [-0.39, 0.29) is 12.5 Å². The number of piperidine rings is 1. The number of hydrogen-bond acceptors (Lipinski definition) is 8. The molecule has 3 aromatic rings. The third-order valence-electron chi connectivity index (χ3n) is 6.07. The Kier molecular flexibility index (Phi) is 8.24. The number of hydrazone groups is 1. The average molecular weight is 490 g/mol. The van der Waals surface area contributed by atoms with Gasteiger partial charge in [-0.05, 0) is 61.7 Å². The summed E-state index contributed by atoms with van der Waals surface area (Å²) in [6, 6.07) is 17.4. The fraction of sp³-hybridized carbons (Fsp3) is 0.346. The minimum atomic E-state index is -0.882. The molecule has 1 aromatic heterocycles. The van der Waals surface area contributed by atoms with Crippen molar-refractivity contribution in [2.24, 2.45) is 16.0 Å². The molecule has 1 saturated heterocycles. The summed E-state index contributed by atoms with van der Waals surface area (Å²) in [7, 11) is 0. The van der Waals surface area contributed by atoms with Crippen LogP contribution in [0.5, 0.6) is 5.75 Å². The SMILES string of the molecule is C=NN(Cc1cccc(N2CCC(C#N)CC2)c1)/C(C)=N\Cc1nc(-c2ccc(OCF)cc2)no1. The summed E-state index contributed by atoms with van der Waals surface area (Å²) in [5, 5.41) is 19.0. The molecule has 0 amide bonds. The van der Waals surface area contributed by atoms with Gasteiger partial charge in [-0.25, -0.2) is 9.40 Å². The summed E-state index contributed by atoms with van der Waals surface area (Å²) < 4.78 is 22.4. The number of aromatic nitrogens is 2. The van der Waals surface area contributed by atoms with Crippen LogP contribution < -0.4 is 9.64 Å². The lowest BCUT2D eigenvalue weighted by molar-refractivity contribution is 0.192. The van der Waals surface area contributed by atoms with E-state index in [1.54, 1.807) is 29.3 Å². The largest absolute Gasteiger partial charge is 0.463 e. The second-order valence-electron chi connectivity index (χ2n) is 8.41. The molecular formula is C26H28FN7O2. The molecule has 1 aliphatic heterocycles. The second kappa shape index (κ2) is 11.9. The van der Waals surface area contributed by atoms with Crippen LogP contribution in [0.25, 0.3) is 11.4 Å². The Morgan fingerprint density at radius 3 is 2.75 bits per heavy atom. The predicted molar refractivity (Wildman–Crippen MR) is 135 cm³/mol. The van der Waals surface area contributed by atoms with E-state index < -0.39 is 6.86 Å². The van der Waals surface area contributed by atoms with Crippen LogP contribution >= 0.6 is 0 Å². The summed E-state index contributed by atoms with van der Waals surface area (Å²) in [5.41, 5.74) is 2.95. The first kappa shape index (κ1) is 24.9. The van der Waals surface area contributed by atoms with Crippen molar-refractivity contribution >= 4 is 18.2 Å². The lowest BCUT2D eigenvalue weighted by Gasteiger charge is -2.31. The molecule has 0 atom stereocenters. The van der Waals surface area contributed by atoms with Crippen LogP contribution in [0.3, 0.4) is 0 Å². The third kappa shape index (κ3) is 6.24. The molecule has 1 aliphatic rings. The highest BCUT2D eigenvalue weighted by Gasteiger charge is 2.19. The van der Waals surface area contributed by atoms with E-state index in [9.17, 15) is 4.39 Å². The van der Waals surface area contributed by atoms with Crippen LogP contribution in [0.15, 0.2) is 63.1 Å². The first-order chi connectivity index (χ1) is 17.6. The van der Waals surface area contributed by atoms with Gasteiger partial charge in [0, 0.05) is 37.0 Å². The van der Waals surface area contributed by atoms with Crippen LogP contribution in [0.1, 0.15) is 31.2 Å². The number of nitriles is 1. The molecule has 0 N–H and O–H groups in total. The number of rotatable bonds is 9. The third-order valence-corrected chi connectivity index (χ3v) is 6.07. The Bertz CT molecular complexity index is 1230. The molecule has 0 aliphatic carbocycles. The smallest absolute Gasteiger partial charge is 0.248 e. The zero-order chi connectivity index (χ0) is 25.3. The van der Waals surface area contributed by atoms with Gasteiger partial charge in [0.2, 0.25) is 18.6 Å². The summed E-state index contributed by atoms with van der Waals surface area (Å²) >= 11 is 0. The van der Waals surface area contributed by atoms with Crippen molar-refractivity contribution in [2.75, 3.05) is 24.9 Å². The van der Waals surface area contributed by atoms with Gasteiger partial charge in [-0.1, -0.05) is 17.3 Å². The lowest BCUT2D eigenvalue weighted by atomic mass is 9.98. The number of alkyl halides is 1. The quantitative estimate of drug-likeness (QED) is 0.241. The standard InChI is InChI=1S/C26H28FN7O2/c1-19(30-16-25-31-26(32-36-25)22-6-8-24(9-7-22)35-18-27)34(29-2)17-21-4-3-5-23(14-21)33-12-10-20(15-28)11-13-33/h3-9,14,20H,2,10-13,16-18H2,1H3/b30-19-. The molecule has 2 heterocycles. The lowest BCUT2D eigenvalue weighted by Crippen LogP contribution is -2.33. The normalized spacial score (nSPS) is 14.4. The Hall–Kier alpha value is -4.26. The van der Waals surface area contributed by atoms with Crippen LogP contribution in [-0.2, 0) is 13.1 Å². The van der Waals surface area contributed by atoms with E-state index in [1.165, 1.54) is 0 Å². The van der Waals surface area contributed by atoms with Gasteiger partial charge in [0.1, 0.15) is 18.1 Å². The zero-order valence-corrected chi connectivity index (χ0v) is 20.2. The van der Waals surface area contributed by atoms with Gasteiger partial charge in [0.05, 0.1) is 12.6 Å². The highest BCUT2D eigenvalue weighted by molar-refractivity contribution is 5.79. The van der Waals surface area contributed by atoms with Gasteiger partial charge in [-0.2, -0.15) is 15.3 Å². The molecule has 0 radical (unpaired) electrons. The number of amidine groups is 1. The maximum absolute atomic E-state index is 12.3. The topological polar surface area (TPSA) is 103 Å². The van der Waals surface area contributed by atoms with Crippen LogP contribution in [-0.4, -0.2) is 47.7 Å². The first-order valence-corrected chi connectivity index (χ1v) is 11.7. The maximum Gasteiger partial charge on any atom is 0.248 e. The molecule has 10 heteroatoms. The molecule has 4 rings (SSSR count). The molecule has 0 unspecified atom stereocenters. The summed E-state index contributed by atoms with van der Waals surface area (Å²) in [6.45, 7) is 7.15. The van der Waals surface area contributed by atoms with Crippen molar-refractivity contribution in [1.82, 2.24) is 15.1 Å². The van der Waals surface area contributed by atoms with Gasteiger partial charge in [-0.3, -0.25) is 4.99 Å². The Balaban J connectivity index is 1.37. The zero-order valence-electron chi connectivity index (χ0n) is 20.2. The monoisotopic (exact) mass is 489 g/mol. The van der Waals surface area contributed by atoms with E-state index in [2.05, 4.69) is 50.1 Å². The van der Waals surface area contributed by atoms with Gasteiger partial charge in [0.15, 0.2) is 0 Å². The number of ether oxygens (including phenoxy) is 1. The van der Waals surface area contributed by atoms with Gasteiger partial charge >= 0.3 is 0 Å². The molecule has 0 spiro atoms. The minimum absolute atomic E-state index is 0.154. The fourth-order valence-electron chi connectivity index (χ4n) is 4.02. The highest BCUT2D eigenvalue weighted by Crippen LogP contribution is 2.24. The van der Waals surface area contributed by atoms with Crippen molar-refractivity contribution in [3.8, 4) is 23.2 Å². The summed E-state index contributed by atoms with van der Waals surface area (Å²) in [5.74, 6) is 2.02. The second-order valence-corrected chi connectivity index (χ2v) is 8.41. The van der Waals surface area contributed by atoms with Crippen molar-refractivity contribution < 1.29 is 13.7 Å². The van der Waals surface area contributed by atoms with Gasteiger partial charge in [0.25, 0.3) is 0 Å². The molecule has 0 saturated carbocycles. The van der Waals surface area contributed by atoms with Crippen LogP contribution in [0.2, 0.25) is 0 Å². The van der Waals surface area contributed by atoms with E-state index in [4.69, 9.17) is 14.5 Å². The van der Waals surface area contributed by atoms with Crippen molar-refractivity contribution in [3.05, 3.63) is 60.0 Å². The molecule has 9 nitrogen and oxygen atoms in total. The number of benzene rings is 2. The number of nitrogens with zero attached hydrogens (tertiary/aromatic N) is 7. The summed E-state index contributed by atoms with van der Waals surface area (Å²) in [6.07, 6.45) is 1.78. The average Bonchev–Trinajstić information content (AvgIpc) is 3.40. The molecule has 36 heavy (non-hydrogen) atoms. The Morgan fingerprint density at radius 2 is 2.06 bits per heavy atom. The van der Waals surface area contributed by atoms with Crippen LogP contribution in [0.4, 0.5) is 10.1 Å². The van der Waals surface area contributed by atoms with Crippen LogP contribution in [0, 0.1) is 17.2 Å².